The molecule has 0 spiro atoms. The molecule has 112 valence electrons. The maximum Gasteiger partial charge on any atom is 0.119 e. The third-order valence-electron chi connectivity index (χ3n) is 4.63. The second-order valence-corrected chi connectivity index (χ2v) is 6.72. The van der Waals surface area contributed by atoms with E-state index in [1.54, 1.807) is 7.11 Å². The van der Waals surface area contributed by atoms with E-state index in [2.05, 4.69) is 44.3 Å². The maximum atomic E-state index is 5.39. The molecule has 2 nitrogen and oxygen atoms in total. The number of benzene rings is 1. The highest BCUT2D eigenvalue weighted by atomic mass is 16.5. The Bertz CT molecular complexity index is 421. The molecule has 0 aliphatic heterocycles. The summed E-state index contributed by atoms with van der Waals surface area (Å²) in [5, 5.41) is 3.67. The molecule has 0 radical (unpaired) electrons. The number of hydrogen-bond acceptors (Lipinski definition) is 2. The van der Waals surface area contributed by atoms with Gasteiger partial charge in [0.2, 0.25) is 0 Å². The van der Waals surface area contributed by atoms with Crippen molar-refractivity contribution in [2.75, 3.05) is 20.2 Å². The molecule has 2 rings (SSSR count). The zero-order valence-corrected chi connectivity index (χ0v) is 13.4. The summed E-state index contributed by atoms with van der Waals surface area (Å²) in [6, 6.07) is 8.65. The van der Waals surface area contributed by atoms with Gasteiger partial charge in [-0.3, -0.25) is 0 Å². The molecule has 1 fully saturated rings. The van der Waals surface area contributed by atoms with Crippen LogP contribution < -0.4 is 10.1 Å². The van der Waals surface area contributed by atoms with Crippen molar-refractivity contribution in [3.63, 3.8) is 0 Å². The Morgan fingerprint density at radius 3 is 2.70 bits per heavy atom. The lowest BCUT2D eigenvalue weighted by molar-refractivity contribution is 0.132. The first-order valence-electron chi connectivity index (χ1n) is 7.95. The van der Waals surface area contributed by atoms with Gasteiger partial charge in [0.25, 0.3) is 0 Å². The average molecular weight is 275 g/mol. The number of methoxy groups -OCH3 is 1. The SMILES string of the molecule is CCC1CC(CNCC(C)C)(c2cccc(OC)c2)C1. The monoisotopic (exact) mass is 275 g/mol. The van der Waals surface area contributed by atoms with Crippen LogP contribution in [-0.4, -0.2) is 20.2 Å². The van der Waals surface area contributed by atoms with Crippen molar-refractivity contribution in [3.05, 3.63) is 29.8 Å². The van der Waals surface area contributed by atoms with Crippen LogP contribution >= 0.6 is 0 Å². The van der Waals surface area contributed by atoms with Gasteiger partial charge in [0.05, 0.1) is 7.11 Å². The first kappa shape index (κ1) is 15.4. The third kappa shape index (κ3) is 3.35. The van der Waals surface area contributed by atoms with E-state index in [-0.39, 0.29) is 0 Å². The molecule has 0 heterocycles. The molecule has 0 aromatic heterocycles. The van der Waals surface area contributed by atoms with E-state index in [1.165, 1.54) is 24.8 Å². The first-order chi connectivity index (χ1) is 9.59. The fourth-order valence-electron chi connectivity index (χ4n) is 3.37. The van der Waals surface area contributed by atoms with Gasteiger partial charge < -0.3 is 10.1 Å². The van der Waals surface area contributed by atoms with Crippen molar-refractivity contribution in [1.29, 1.82) is 0 Å². The second kappa shape index (κ2) is 6.62. The van der Waals surface area contributed by atoms with E-state index in [4.69, 9.17) is 4.74 Å². The number of rotatable bonds is 7. The van der Waals surface area contributed by atoms with Crippen LogP contribution in [0.5, 0.6) is 5.75 Å². The van der Waals surface area contributed by atoms with Crippen molar-refractivity contribution in [3.8, 4) is 5.75 Å². The van der Waals surface area contributed by atoms with Crippen molar-refractivity contribution < 1.29 is 4.74 Å². The summed E-state index contributed by atoms with van der Waals surface area (Å²) in [6.45, 7) is 9.03. The van der Waals surface area contributed by atoms with Gasteiger partial charge in [-0.25, -0.2) is 0 Å². The molecule has 1 aliphatic rings. The van der Waals surface area contributed by atoms with E-state index < -0.39 is 0 Å². The largest absolute Gasteiger partial charge is 0.497 e. The van der Waals surface area contributed by atoms with E-state index in [9.17, 15) is 0 Å². The van der Waals surface area contributed by atoms with E-state index >= 15 is 0 Å². The Hall–Kier alpha value is -1.02. The molecule has 1 N–H and O–H groups in total. The minimum absolute atomic E-state index is 0.324. The zero-order chi connectivity index (χ0) is 14.6. The Morgan fingerprint density at radius 2 is 2.10 bits per heavy atom. The predicted octanol–water partition coefficient (Wildman–Crippen LogP) is 4.00. The van der Waals surface area contributed by atoms with Gasteiger partial charge in [0.15, 0.2) is 0 Å². The summed E-state index contributed by atoms with van der Waals surface area (Å²) in [4.78, 5) is 0. The molecule has 20 heavy (non-hydrogen) atoms. The lowest BCUT2D eigenvalue weighted by atomic mass is 9.58. The fraction of sp³-hybridized carbons (Fsp3) is 0.667. The normalized spacial score (nSPS) is 25.6. The standard InChI is InChI=1S/C18H29NO/c1-5-15-10-18(11-15,13-19-12-14(2)3)16-7-6-8-17(9-16)20-4/h6-9,14-15,19H,5,10-13H2,1-4H3. The Labute approximate surface area is 123 Å². The molecule has 2 heteroatoms. The van der Waals surface area contributed by atoms with Crippen LogP contribution in [0, 0.1) is 11.8 Å². The molecule has 0 bridgehead atoms. The minimum Gasteiger partial charge on any atom is -0.497 e. The molecular formula is C18H29NO. The molecule has 1 saturated carbocycles. The molecule has 1 aliphatic carbocycles. The van der Waals surface area contributed by atoms with Gasteiger partial charge >= 0.3 is 0 Å². The summed E-state index contributed by atoms with van der Waals surface area (Å²) in [6.07, 6.45) is 3.92. The quantitative estimate of drug-likeness (QED) is 0.812. The second-order valence-electron chi connectivity index (χ2n) is 6.72. The molecule has 0 atom stereocenters. The van der Waals surface area contributed by atoms with Crippen molar-refractivity contribution >= 4 is 0 Å². The highest BCUT2D eigenvalue weighted by molar-refractivity contribution is 5.36. The lowest BCUT2D eigenvalue weighted by Crippen LogP contribution is -2.49. The Morgan fingerprint density at radius 1 is 1.35 bits per heavy atom. The predicted molar refractivity (Wildman–Crippen MR) is 85.4 cm³/mol. The minimum atomic E-state index is 0.324. The van der Waals surface area contributed by atoms with Crippen LogP contribution in [0.3, 0.4) is 0 Å². The third-order valence-corrected chi connectivity index (χ3v) is 4.63. The Kier molecular flexibility index (Phi) is 5.09. The zero-order valence-electron chi connectivity index (χ0n) is 13.4. The molecule has 0 unspecified atom stereocenters. The maximum absolute atomic E-state index is 5.39. The highest BCUT2D eigenvalue weighted by Gasteiger charge is 2.44. The van der Waals surface area contributed by atoms with Crippen LogP contribution in [0.1, 0.15) is 45.6 Å². The van der Waals surface area contributed by atoms with Crippen molar-refractivity contribution in [2.45, 2.75) is 45.4 Å². The van der Waals surface area contributed by atoms with Gasteiger partial charge in [0.1, 0.15) is 5.75 Å². The van der Waals surface area contributed by atoms with Gasteiger partial charge in [-0.2, -0.15) is 0 Å². The summed E-state index contributed by atoms with van der Waals surface area (Å²) in [5.74, 6) is 2.58. The number of nitrogens with one attached hydrogen (secondary N) is 1. The van der Waals surface area contributed by atoms with Crippen LogP contribution in [0.25, 0.3) is 0 Å². The lowest BCUT2D eigenvalue weighted by Gasteiger charge is -2.48. The summed E-state index contributed by atoms with van der Waals surface area (Å²) in [5.41, 5.74) is 1.77. The topological polar surface area (TPSA) is 21.3 Å². The Balaban J connectivity index is 2.10. The molecule has 0 amide bonds. The van der Waals surface area contributed by atoms with Crippen molar-refractivity contribution in [2.24, 2.45) is 11.8 Å². The van der Waals surface area contributed by atoms with Crippen LogP contribution in [0.15, 0.2) is 24.3 Å². The van der Waals surface area contributed by atoms with E-state index in [0.29, 0.717) is 11.3 Å². The average Bonchev–Trinajstić information content (AvgIpc) is 2.41. The smallest absolute Gasteiger partial charge is 0.119 e. The molecular weight excluding hydrogens is 246 g/mol. The van der Waals surface area contributed by atoms with Gasteiger partial charge in [-0.05, 0) is 48.9 Å². The van der Waals surface area contributed by atoms with Crippen LogP contribution in [0.2, 0.25) is 0 Å². The van der Waals surface area contributed by atoms with Crippen LogP contribution in [-0.2, 0) is 5.41 Å². The van der Waals surface area contributed by atoms with E-state index in [0.717, 1.165) is 24.8 Å². The van der Waals surface area contributed by atoms with Gasteiger partial charge in [-0.1, -0.05) is 39.3 Å². The molecule has 0 saturated heterocycles. The van der Waals surface area contributed by atoms with Gasteiger partial charge in [-0.15, -0.1) is 0 Å². The molecule has 1 aromatic rings. The van der Waals surface area contributed by atoms with Crippen molar-refractivity contribution in [1.82, 2.24) is 5.32 Å². The first-order valence-corrected chi connectivity index (χ1v) is 7.95. The summed E-state index contributed by atoms with van der Waals surface area (Å²) >= 11 is 0. The summed E-state index contributed by atoms with van der Waals surface area (Å²) in [7, 11) is 1.75. The number of hydrogen-bond donors (Lipinski definition) is 1. The van der Waals surface area contributed by atoms with E-state index in [1.807, 2.05) is 6.07 Å². The molecule has 1 aromatic carbocycles. The van der Waals surface area contributed by atoms with Gasteiger partial charge in [0, 0.05) is 12.0 Å². The summed E-state index contributed by atoms with van der Waals surface area (Å²) < 4.78 is 5.39. The highest BCUT2D eigenvalue weighted by Crippen LogP contribution is 2.49. The number of ether oxygens (including phenoxy) is 1. The fourth-order valence-corrected chi connectivity index (χ4v) is 3.37. The van der Waals surface area contributed by atoms with Crippen LogP contribution in [0.4, 0.5) is 0 Å².